The van der Waals surface area contributed by atoms with Crippen molar-refractivity contribution < 1.29 is 19.6 Å². The molecule has 0 amide bonds. The summed E-state index contributed by atoms with van der Waals surface area (Å²) in [6.45, 7) is 0. The van der Waals surface area contributed by atoms with Gasteiger partial charge in [0.2, 0.25) is 5.88 Å². The van der Waals surface area contributed by atoms with E-state index in [-0.39, 0.29) is 11.6 Å². The van der Waals surface area contributed by atoms with E-state index in [1.165, 1.54) is 30.5 Å². The highest BCUT2D eigenvalue weighted by atomic mass is 16.6. The van der Waals surface area contributed by atoms with Crippen LogP contribution in [0.25, 0.3) is 6.08 Å². The Morgan fingerprint density at radius 2 is 2.14 bits per heavy atom. The standard InChI is InChI=1S/C14H10N2O5/c17-14(18)7-5-10-4-6-13(15-9-10)21-12-3-1-2-11(8-12)16(19)20/h1-9H,(H,17,18)/b7-5+. The van der Waals surface area contributed by atoms with Gasteiger partial charge in [-0.3, -0.25) is 10.1 Å². The minimum atomic E-state index is -1.05. The van der Waals surface area contributed by atoms with Crippen LogP contribution in [0.2, 0.25) is 0 Å². The van der Waals surface area contributed by atoms with Gasteiger partial charge < -0.3 is 9.84 Å². The van der Waals surface area contributed by atoms with Crippen LogP contribution in [0.15, 0.2) is 48.7 Å². The highest BCUT2D eigenvalue weighted by Crippen LogP contribution is 2.23. The molecule has 1 aromatic heterocycles. The van der Waals surface area contributed by atoms with Gasteiger partial charge in [-0.1, -0.05) is 6.07 Å². The number of pyridine rings is 1. The number of nitrogens with zero attached hydrogens (tertiary/aromatic N) is 2. The zero-order valence-corrected chi connectivity index (χ0v) is 10.7. The number of hydrogen-bond acceptors (Lipinski definition) is 5. The van der Waals surface area contributed by atoms with Gasteiger partial charge in [-0.25, -0.2) is 9.78 Å². The Labute approximate surface area is 119 Å². The molecule has 0 spiro atoms. The third kappa shape index (κ3) is 4.13. The number of nitro groups is 1. The van der Waals surface area contributed by atoms with Crippen LogP contribution in [-0.4, -0.2) is 21.0 Å². The maximum atomic E-state index is 10.7. The number of carboxylic acid groups (broad SMARTS) is 1. The second-order valence-corrected chi connectivity index (χ2v) is 3.96. The van der Waals surface area contributed by atoms with Gasteiger partial charge in [-0.2, -0.15) is 0 Å². The molecule has 0 fully saturated rings. The second kappa shape index (κ2) is 6.29. The summed E-state index contributed by atoms with van der Waals surface area (Å²) in [6.07, 6.45) is 3.83. The van der Waals surface area contributed by atoms with Gasteiger partial charge in [0.25, 0.3) is 5.69 Å². The van der Waals surface area contributed by atoms with E-state index >= 15 is 0 Å². The summed E-state index contributed by atoms with van der Waals surface area (Å²) in [5.41, 5.74) is 0.525. The molecular weight excluding hydrogens is 276 g/mol. The van der Waals surface area contributed by atoms with E-state index in [2.05, 4.69) is 4.98 Å². The number of benzene rings is 1. The Morgan fingerprint density at radius 3 is 2.76 bits per heavy atom. The molecule has 0 saturated heterocycles. The summed E-state index contributed by atoms with van der Waals surface area (Å²) < 4.78 is 5.39. The fourth-order valence-electron chi connectivity index (χ4n) is 1.50. The van der Waals surface area contributed by atoms with Gasteiger partial charge >= 0.3 is 5.97 Å². The molecule has 0 aliphatic heterocycles. The zero-order chi connectivity index (χ0) is 15.2. The number of non-ortho nitro benzene ring substituents is 1. The van der Waals surface area contributed by atoms with Crippen LogP contribution in [0.1, 0.15) is 5.56 Å². The van der Waals surface area contributed by atoms with Crippen LogP contribution in [0.4, 0.5) is 5.69 Å². The van der Waals surface area contributed by atoms with Crippen molar-refractivity contribution in [2.45, 2.75) is 0 Å². The van der Waals surface area contributed by atoms with Crippen LogP contribution < -0.4 is 4.74 Å². The molecule has 2 aromatic rings. The average Bonchev–Trinajstić information content (AvgIpc) is 2.47. The molecule has 1 N–H and O–H groups in total. The minimum absolute atomic E-state index is 0.0755. The lowest BCUT2D eigenvalue weighted by Crippen LogP contribution is -1.91. The Balaban J connectivity index is 2.11. The predicted molar refractivity (Wildman–Crippen MR) is 74.1 cm³/mol. The molecule has 0 saturated carbocycles. The summed E-state index contributed by atoms with van der Waals surface area (Å²) in [4.78, 5) is 24.5. The first-order valence-electron chi connectivity index (χ1n) is 5.84. The topological polar surface area (TPSA) is 103 Å². The van der Waals surface area contributed by atoms with E-state index in [1.807, 2.05) is 0 Å². The molecule has 7 nitrogen and oxygen atoms in total. The van der Waals surface area contributed by atoms with E-state index in [0.29, 0.717) is 11.3 Å². The number of ether oxygens (including phenoxy) is 1. The number of nitro benzene ring substituents is 1. The van der Waals surface area contributed by atoms with Crippen molar-refractivity contribution in [1.29, 1.82) is 0 Å². The SMILES string of the molecule is O=C(O)/C=C/c1ccc(Oc2cccc([N+](=O)[O-])c2)nc1. The van der Waals surface area contributed by atoms with E-state index < -0.39 is 10.9 Å². The normalized spacial score (nSPS) is 10.5. The molecule has 21 heavy (non-hydrogen) atoms. The molecule has 106 valence electrons. The highest BCUT2D eigenvalue weighted by molar-refractivity contribution is 5.85. The molecule has 0 unspecified atom stereocenters. The number of carbonyl (C=O) groups is 1. The monoisotopic (exact) mass is 286 g/mol. The summed E-state index contributed by atoms with van der Waals surface area (Å²) in [5.74, 6) is -0.500. The molecule has 0 aliphatic carbocycles. The molecule has 0 radical (unpaired) electrons. The lowest BCUT2D eigenvalue weighted by molar-refractivity contribution is -0.384. The minimum Gasteiger partial charge on any atom is -0.478 e. The van der Waals surface area contributed by atoms with Crippen LogP contribution in [0.5, 0.6) is 11.6 Å². The zero-order valence-electron chi connectivity index (χ0n) is 10.7. The number of rotatable bonds is 5. The number of hydrogen-bond donors (Lipinski definition) is 1. The van der Waals surface area contributed by atoms with Crippen LogP contribution in [0.3, 0.4) is 0 Å². The highest BCUT2D eigenvalue weighted by Gasteiger charge is 2.07. The van der Waals surface area contributed by atoms with Crippen molar-refractivity contribution in [3.63, 3.8) is 0 Å². The van der Waals surface area contributed by atoms with Crippen molar-refractivity contribution in [3.05, 3.63) is 64.3 Å². The third-order valence-corrected chi connectivity index (χ3v) is 2.43. The van der Waals surface area contributed by atoms with E-state index in [9.17, 15) is 14.9 Å². The van der Waals surface area contributed by atoms with E-state index in [0.717, 1.165) is 6.08 Å². The molecule has 1 heterocycles. The van der Waals surface area contributed by atoms with Gasteiger partial charge in [-0.05, 0) is 23.8 Å². The van der Waals surface area contributed by atoms with Crippen molar-refractivity contribution in [2.24, 2.45) is 0 Å². The smallest absolute Gasteiger partial charge is 0.328 e. The molecule has 1 aromatic carbocycles. The first kappa shape index (κ1) is 14.2. The fraction of sp³-hybridized carbons (Fsp3) is 0. The molecule has 0 aliphatic rings. The molecule has 0 atom stereocenters. The summed E-state index contributed by atoms with van der Waals surface area (Å²) >= 11 is 0. The van der Waals surface area contributed by atoms with Gasteiger partial charge in [-0.15, -0.1) is 0 Å². The van der Waals surface area contributed by atoms with Crippen LogP contribution in [0, 0.1) is 10.1 Å². The molecule has 7 heteroatoms. The van der Waals surface area contributed by atoms with Crippen molar-refractivity contribution in [3.8, 4) is 11.6 Å². The lowest BCUT2D eigenvalue weighted by atomic mass is 10.2. The number of aliphatic carboxylic acids is 1. The predicted octanol–water partition coefficient (Wildman–Crippen LogP) is 2.88. The van der Waals surface area contributed by atoms with Crippen LogP contribution in [-0.2, 0) is 4.79 Å². The quantitative estimate of drug-likeness (QED) is 0.515. The number of aromatic nitrogens is 1. The van der Waals surface area contributed by atoms with Crippen molar-refractivity contribution in [2.75, 3.05) is 0 Å². The molecule has 0 bridgehead atoms. The Hall–Kier alpha value is -3.22. The van der Waals surface area contributed by atoms with Gasteiger partial charge in [0.1, 0.15) is 5.75 Å². The Bertz CT molecular complexity index is 695. The third-order valence-electron chi connectivity index (χ3n) is 2.43. The molecule has 2 rings (SSSR count). The first-order valence-corrected chi connectivity index (χ1v) is 5.84. The first-order chi connectivity index (χ1) is 10.0. The van der Waals surface area contributed by atoms with Crippen molar-refractivity contribution >= 4 is 17.7 Å². The van der Waals surface area contributed by atoms with Gasteiger partial charge in [0, 0.05) is 24.4 Å². The Kier molecular flexibility index (Phi) is 4.25. The lowest BCUT2D eigenvalue weighted by Gasteiger charge is -2.04. The maximum absolute atomic E-state index is 10.7. The maximum Gasteiger partial charge on any atom is 0.328 e. The summed E-state index contributed by atoms with van der Waals surface area (Å²) in [5, 5.41) is 19.2. The second-order valence-electron chi connectivity index (χ2n) is 3.96. The average molecular weight is 286 g/mol. The van der Waals surface area contributed by atoms with Gasteiger partial charge in [0.15, 0.2) is 0 Å². The van der Waals surface area contributed by atoms with Crippen molar-refractivity contribution in [1.82, 2.24) is 4.98 Å². The van der Waals surface area contributed by atoms with E-state index in [4.69, 9.17) is 9.84 Å². The molecular formula is C14H10N2O5. The van der Waals surface area contributed by atoms with Gasteiger partial charge in [0.05, 0.1) is 11.0 Å². The summed E-state index contributed by atoms with van der Waals surface area (Å²) in [6, 6.07) is 8.91. The Morgan fingerprint density at radius 1 is 1.33 bits per heavy atom. The largest absolute Gasteiger partial charge is 0.478 e. The van der Waals surface area contributed by atoms with E-state index in [1.54, 1.807) is 18.2 Å². The number of carboxylic acids is 1. The van der Waals surface area contributed by atoms with Crippen LogP contribution >= 0.6 is 0 Å². The fourth-order valence-corrected chi connectivity index (χ4v) is 1.50. The summed E-state index contributed by atoms with van der Waals surface area (Å²) in [7, 11) is 0.